The molecule has 2 rings (SSSR count). The first-order valence-electron chi connectivity index (χ1n) is 6.61. The van der Waals surface area contributed by atoms with Crippen molar-refractivity contribution in [2.45, 2.75) is 58.9 Å². The molecule has 1 nitrogen and oxygen atoms in total. The fourth-order valence-corrected chi connectivity index (χ4v) is 2.73. The maximum Gasteiger partial charge on any atom is 0.0441 e. The molecule has 0 amide bonds. The van der Waals surface area contributed by atoms with Gasteiger partial charge in [-0.3, -0.25) is 0 Å². The highest BCUT2D eigenvalue weighted by atomic mass is 15.2. The van der Waals surface area contributed by atoms with Crippen LogP contribution in [0.5, 0.6) is 0 Å². The van der Waals surface area contributed by atoms with E-state index in [-0.39, 0.29) is 11.0 Å². The Kier molecular flexibility index (Phi) is 2.76. The van der Waals surface area contributed by atoms with Gasteiger partial charge >= 0.3 is 0 Å². The van der Waals surface area contributed by atoms with E-state index in [1.54, 1.807) is 0 Å². The van der Waals surface area contributed by atoms with Crippen molar-refractivity contribution in [1.82, 2.24) is 0 Å². The normalized spacial score (nSPS) is 16.2. The minimum absolute atomic E-state index is 0.215. The van der Waals surface area contributed by atoms with Crippen molar-refractivity contribution in [3.8, 4) is 0 Å². The average molecular weight is 231 g/mol. The zero-order chi connectivity index (χ0) is 12.8. The third kappa shape index (κ3) is 2.20. The fourth-order valence-electron chi connectivity index (χ4n) is 2.73. The van der Waals surface area contributed by atoms with Crippen LogP contribution in [-0.4, -0.2) is 12.1 Å². The molecule has 0 fully saturated rings. The van der Waals surface area contributed by atoms with Gasteiger partial charge in [-0.25, -0.2) is 0 Å². The quantitative estimate of drug-likeness (QED) is 0.648. The van der Waals surface area contributed by atoms with Crippen molar-refractivity contribution in [1.29, 1.82) is 0 Å². The van der Waals surface area contributed by atoms with Gasteiger partial charge in [-0.15, -0.1) is 0 Å². The van der Waals surface area contributed by atoms with Gasteiger partial charge in [0.05, 0.1) is 0 Å². The second kappa shape index (κ2) is 3.76. The Morgan fingerprint density at radius 1 is 1.00 bits per heavy atom. The molecule has 0 bridgehead atoms. The van der Waals surface area contributed by atoms with Crippen molar-refractivity contribution >= 4 is 5.69 Å². The molecule has 0 unspecified atom stereocenters. The van der Waals surface area contributed by atoms with E-state index in [2.05, 4.69) is 64.6 Å². The van der Waals surface area contributed by atoms with E-state index in [9.17, 15) is 0 Å². The Morgan fingerprint density at radius 2 is 1.65 bits per heavy atom. The van der Waals surface area contributed by atoms with Crippen LogP contribution in [-0.2, 0) is 11.8 Å². The lowest BCUT2D eigenvalue weighted by Crippen LogP contribution is -2.41. The number of rotatable bonds is 0. The minimum atomic E-state index is 0.215. The van der Waals surface area contributed by atoms with Crippen LogP contribution < -0.4 is 4.90 Å². The van der Waals surface area contributed by atoms with E-state index >= 15 is 0 Å². The molecule has 0 saturated carbocycles. The number of hydrogen-bond donors (Lipinski definition) is 0. The highest BCUT2D eigenvalue weighted by molar-refractivity contribution is 5.66. The van der Waals surface area contributed by atoms with Crippen LogP contribution in [0.1, 0.15) is 52.7 Å². The highest BCUT2D eigenvalue weighted by Crippen LogP contribution is 2.41. The van der Waals surface area contributed by atoms with Crippen molar-refractivity contribution in [2.75, 3.05) is 11.4 Å². The molecule has 0 N–H and O–H groups in total. The first-order chi connectivity index (χ1) is 7.71. The predicted octanol–water partition coefficient (Wildman–Crippen LogP) is 4.15. The standard InChI is InChI=1S/C16H25N/c1-15(2,3)13-9-7-8-12-10-11-17(14(12)13)16(4,5)6/h7-9H,10-11H2,1-6H3. The summed E-state index contributed by atoms with van der Waals surface area (Å²) in [6.45, 7) is 15.0. The monoisotopic (exact) mass is 231 g/mol. The third-order valence-corrected chi connectivity index (χ3v) is 3.61. The molecule has 1 heterocycles. The average Bonchev–Trinajstić information content (AvgIpc) is 2.57. The van der Waals surface area contributed by atoms with E-state index in [1.807, 2.05) is 0 Å². The minimum Gasteiger partial charge on any atom is -0.366 e. The van der Waals surface area contributed by atoms with Gasteiger partial charge in [0.2, 0.25) is 0 Å². The molecule has 0 radical (unpaired) electrons. The highest BCUT2D eigenvalue weighted by Gasteiger charge is 2.32. The lowest BCUT2D eigenvalue weighted by molar-refractivity contribution is 0.509. The SMILES string of the molecule is CC(C)(C)c1cccc2c1N(C(C)(C)C)CC2. The zero-order valence-electron chi connectivity index (χ0n) is 12.1. The summed E-state index contributed by atoms with van der Waals surface area (Å²) in [5.74, 6) is 0. The van der Waals surface area contributed by atoms with Crippen LogP contribution >= 0.6 is 0 Å². The first kappa shape index (κ1) is 12.5. The molecule has 1 aromatic carbocycles. The van der Waals surface area contributed by atoms with E-state index < -0.39 is 0 Å². The molecule has 0 aromatic heterocycles. The molecular formula is C16H25N. The third-order valence-electron chi connectivity index (χ3n) is 3.61. The number of benzene rings is 1. The summed E-state index contributed by atoms with van der Waals surface area (Å²) in [7, 11) is 0. The summed E-state index contributed by atoms with van der Waals surface area (Å²) in [5, 5.41) is 0. The maximum absolute atomic E-state index is 2.57. The van der Waals surface area contributed by atoms with E-state index in [4.69, 9.17) is 0 Å². The van der Waals surface area contributed by atoms with Crippen molar-refractivity contribution in [3.63, 3.8) is 0 Å². The molecule has 1 aliphatic rings. The van der Waals surface area contributed by atoms with Gasteiger partial charge in [0.25, 0.3) is 0 Å². The smallest absolute Gasteiger partial charge is 0.0441 e. The second-order valence-electron chi connectivity index (χ2n) is 7.14. The second-order valence-corrected chi connectivity index (χ2v) is 7.14. The van der Waals surface area contributed by atoms with Gasteiger partial charge in [-0.2, -0.15) is 0 Å². The number of para-hydroxylation sites is 1. The summed E-state index contributed by atoms with van der Waals surface area (Å²) in [5.41, 5.74) is 4.94. The largest absolute Gasteiger partial charge is 0.366 e. The molecule has 0 aliphatic carbocycles. The topological polar surface area (TPSA) is 3.24 Å². The summed E-state index contributed by atoms with van der Waals surface area (Å²) in [6.07, 6.45) is 1.19. The predicted molar refractivity (Wildman–Crippen MR) is 75.9 cm³/mol. The molecule has 17 heavy (non-hydrogen) atoms. The fraction of sp³-hybridized carbons (Fsp3) is 0.625. The van der Waals surface area contributed by atoms with Crippen molar-refractivity contribution in [2.24, 2.45) is 0 Å². The van der Waals surface area contributed by atoms with Crippen LogP contribution in [0.2, 0.25) is 0 Å². The lowest BCUT2D eigenvalue weighted by Gasteiger charge is -2.37. The molecule has 0 saturated heterocycles. The Hall–Kier alpha value is -0.980. The number of nitrogens with zero attached hydrogens (tertiary/aromatic N) is 1. The molecule has 1 aliphatic heterocycles. The van der Waals surface area contributed by atoms with Gasteiger partial charge in [0.1, 0.15) is 0 Å². The van der Waals surface area contributed by atoms with Gasteiger partial charge in [-0.05, 0) is 43.7 Å². The van der Waals surface area contributed by atoms with Crippen LogP contribution in [0.4, 0.5) is 5.69 Å². The first-order valence-corrected chi connectivity index (χ1v) is 6.61. The molecule has 0 spiro atoms. The Bertz CT molecular complexity index is 418. The molecule has 0 atom stereocenters. The summed E-state index contributed by atoms with van der Waals surface area (Å²) < 4.78 is 0. The number of anilines is 1. The van der Waals surface area contributed by atoms with Crippen molar-refractivity contribution < 1.29 is 0 Å². The van der Waals surface area contributed by atoms with Gasteiger partial charge in [0.15, 0.2) is 0 Å². The van der Waals surface area contributed by atoms with Crippen LogP contribution in [0.3, 0.4) is 0 Å². The van der Waals surface area contributed by atoms with Crippen LogP contribution in [0.15, 0.2) is 18.2 Å². The number of fused-ring (bicyclic) bond motifs is 1. The van der Waals surface area contributed by atoms with E-state index in [0.717, 1.165) is 6.54 Å². The summed E-state index contributed by atoms with van der Waals surface area (Å²) in [4.78, 5) is 2.57. The zero-order valence-corrected chi connectivity index (χ0v) is 12.1. The molecule has 94 valence electrons. The molecule has 1 aromatic rings. The van der Waals surface area contributed by atoms with Gasteiger partial charge in [0, 0.05) is 17.8 Å². The molecular weight excluding hydrogens is 206 g/mol. The maximum atomic E-state index is 2.57. The Labute approximate surface area is 106 Å². The van der Waals surface area contributed by atoms with Crippen molar-refractivity contribution in [3.05, 3.63) is 29.3 Å². The van der Waals surface area contributed by atoms with Crippen LogP contribution in [0.25, 0.3) is 0 Å². The lowest BCUT2D eigenvalue weighted by atomic mass is 9.84. The summed E-state index contributed by atoms with van der Waals surface area (Å²) >= 11 is 0. The van der Waals surface area contributed by atoms with Gasteiger partial charge in [-0.1, -0.05) is 39.0 Å². The Balaban J connectivity index is 2.57. The van der Waals surface area contributed by atoms with Gasteiger partial charge < -0.3 is 4.90 Å². The molecule has 1 heteroatoms. The Morgan fingerprint density at radius 3 is 2.18 bits per heavy atom. The van der Waals surface area contributed by atoms with Crippen LogP contribution in [0, 0.1) is 0 Å². The van der Waals surface area contributed by atoms with E-state index in [0.29, 0.717) is 0 Å². The number of hydrogen-bond acceptors (Lipinski definition) is 1. The summed E-state index contributed by atoms with van der Waals surface area (Å²) in [6, 6.07) is 6.80. The van der Waals surface area contributed by atoms with E-state index in [1.165, 1.54) is 23.2 Å².